The number of aromatic nitrogens is 2. The summed E-state index contributed by atoms with van der Waals surface area (Å²) in [5.41, 5.74) is 1.06. The summed E-state index contributed by atoms with van der Waals surface area (Å²) >= 11 is 1.55. The van der Waals surface area contributed by atoms with E-state index in [1.807, 2.05) is 6.07 Å². The van der Waals surface area contributed by atoms with E-state index in [1.54, 1.807) is 17.8 Å². The molecule has 2 aliphatic rings. The van der Waals surface area contributed by atoms with Crippen LogP contribution in [-0.2, 0) is 10.5 Å². The van der Waals surface area contributed by atoms with Crippen molar-refractivity contribution in [2.24, 2.45) is 0 Å². The number of carbonyl (C=O) groups is 1. The number of morpholine rings is 1. The van der Waals surface area contributed by atoms with Crippen LogP contribution in [0.15, 0.2) is 27.8 Å². The molecule has 0 radical (unpaired) electrons. The molecule has 0 spiro atoms. The standard InChI is InChI=1S/C26H39N5O3S/c1-19(2)22-17-24(30(3)20-7-5-4-6-8-20)29-26(28-22)35-18-21-9-10-23(34-21)25(32)27-11-12-31-13-15-33-16-14-31/h9-10,17,19-20H,4-8,11-16,18H2,1-3H3,(H,27,32). The highest BCUT2D eigenvalue weighted by atomic mass is 32.2. The molecular weight excluding hydrogens is 462 g/mol. The lowest BCUT2D eigenvalue weighted by Crippen LogP contribution is -2.41. The van der Waals surface area contributed by atoms with Crippen LogP contribution < -0.4 is 10.2 Å². The predicted octanol–water partition coefficient (Wildman–Crippen LogP) is 4.32. The molecule has 1 amide bonds. The monoisotopic (exact) mass is 501 g/mol. The van der Waals surface area contributed by atoms with Crippen molar-refractivity contribution in [1.29, 1.82) is 0 Å². The van der Waals surface area contributed by atoms with Gasteiger partial charge in [-0.2, -0.15) is 0 Å². The third-order valence-electron chi connectivity index (χ3n) is 6.83. The van der Waals surface area contributed by atoms with E-state index in [2.05, 4.69) is 42.1 Å². The molecule has 0 atom stereocenters. The Labute approximate surface area is 213 Å². The largest absolute Gasteiger partial charge is 0.455 e. The second kappa shape index (κ2) is 12.7. The van der Waals surface area contributed by atoms with E-state index < -0.39 is 0 Å². The van der Waals surface area contributed by atoms with E-state index in [1.165, 1.54) is 32.1 Å². The third kappa shape index (κ3) is 7.44. The zero-order chi connectivity index (χ0) is 24.6. The molecule has 1 N–H and O–H groups in total. The summed E-state index contributed by atoms with van der Waals surface area (Å²) in [5, 5.41) is 3.70. The maximum absolute atomic E-state index is 12.5. The molecule has 35 heavy (non-hydrogen) atoms. The maximum atomic E-state index is 12.5. The zero-order valence-corrected chi connectivity index (χ0v) is 22.1. The van der Waals surface area contributed by atoms with Crippen molar-refractivity contribution in [3.8, 4) is 0 Å². The van der Waals surface area contributed by atoms with Crippen molar-refractivity contribution in [3.05, 3.63) is 35.4 Å². The van der Waals surface area contributed by atoms with Gasteiger partial charge >= 0.3 is 0 Å². The van der Waals surface area contributed by atoms with Gasteiger partial charge in [-0.15, -0.1) is 0 Å². The first-order valence-corrected chi connectivity index (χ1v) is 13.9. The molecule has 2 aromatic rings. The normalized spacial score (nSPS) is 17.6. The lowest BCUT2D eigenvalue weighted by molar-refractivity contribution is 0.0382. The predicted molar refractivity (Wildman–Crippen MR) is 139 cm³/mol. The molecule has 9 heteroatoms. The summed E-state index contributed by atoms with van der Waals surface area (Å²) < 4.78 is 11.2. The summed E-state index contributed by atoms with van der Waals surface area (Å²) in [6, 6.07) is 6.29. The minimum Gasteiger partial charge on any atom is -0.455 e. The minimum absolute atomic E-state index is 0.177. The molecule has 1 saturated carbocycles. The molecule has 1 saturated heterocycles. The Hall–Kier alpha value is -2.10. The summed E-state index contributed by atoms with van der Waals surface area (Å²) in [6.07, 6.45) is 6.37. The molecule has 0 unspecified atom stereocenters. The van der Waals surface area contributed by atoms with Gasteiger partial charge in [-0.1, -0.05) is 44.9 Å². The highest BCUT2D eigenvalue weighted by molar-refractivity contribution is 7.98. The molecule has 1 aliphatic carbocycles. The maximum Gasteiger partial charge on any atom is 0.287 e. The van der Waals surface area contributed by atoms with Crippen LogP contribution >= 0.6 is 11.8 Å². The van der Waals surface area contributed by atoms with Gasteiger partial charge in [0.25, 0.3) is 5.91 Å². The number of ether oxygens (including phenoxy) is 1. The van der Waals surface area contributed by atoms with E-state index in [0.29, 0.717) is 30.0 Å². The molecule has 8 nitrogen and oxygen atoms in total. The van der Waals surface area contributed by atoms with E-state index in [4.69, 9.17) is 19.1 Å². The fourth-order valence-electron chi connectivity index (χ4n) is 4.58. The van der Waals surface area contributed by atoms with Crippen LogP contribution in [0.4, 0.5) is 5.82 Å². The van der Waals surface area contributed by atoms with Gasteiger partial charge in [0, 0.05) is 51.0 Å². The number of nitrogens with one attached hydrogen (secondary N) is 1. The SMILES string of the molecule is CC(C)c1cc(N(C)C2CCCCC2)nc(SCc2ccc(C(=O)NCCN3CCOCC3)o2)n1. The van der Waals surface area contributed by atoms with Crippen LogP contribution in [-0.4, -0.2) is 73.3 Å². The number of thioether (sulfide) groups is 1. The molecule has 4 rings (SSSR count). The Balaban J connectivity index is 1.33. The Morgan fingerprint density at radius 1 is 1.20 bits per heavy atom. The van der Waals surface area contributed by atoms with Gasteiger partial charge in [0.2, 0.25) is 0 Å². The van der Waals surface area contributed by atoms with Crippen molar-refractivity contribution in [2.45, 2.75) is 68.8 Å². The first kappa shape index (κ1) is 26.0. The highest BCUT2D eigenvalue weighted by Gasteiger charge is 2.21. The number of carbonyl (C=O) groups excluding carboxylic acids is 1. The molecule has 0 bridgehead atoms. The fourth-order valence-corrected chi connectivity index (χ4v) is 5.33. The van der Waals surface area contributed by atoms with Crippen LogP contribution in [0.25, 0.3) is 0 Å². The van der Waals surface area contributed by atoms with Gasteiger partial charge in [0.15, 0.2) is 10.9 Å². The summed E-state index contributed by atoms with van der Waals surface area (Å²) in [4.78, 5) is 26.8. The number of anilines is 1. The first-order chi connectivity index (χ1) is 17.0. The van der Waals surface area contributed by atoms with Gasteiger partial charge < -0.3 is 19.4 Å². The van der Waals surface area contributed by atoms with Crippen LogP contribution in [0.2, 0.25) is 0 Å². The number of nitrogens with zero attached hydrogens (tertiary/aromatic N) is 4. The molecule has 0 aromatic carbocycles. The lowest BCUT2D eigenvalue weighted by atomic mass is 9.94. The summed E-state index contributed by atoms with van der Waals surface area (Å²) in [7, 11) is 2.16. The Morgan fingerprint density at radius 2 is 1.97 bits per heavy atom. The second-order valence-corrected chi connectivity index (χ2v) is 10.7. The molecule has 3 heterocycles. The van der Waals surface area contributed by atoms with E-state index in [-0.39, 0.29) is 5.91 Å². The average molecular weight is 502 g/mol. The average Bonchev–Trinajstić information content (AvgIpc) is 3.37. The zero-order valence-electron chi connectivity index (χ0n) is 21.3. The molecule has 2 fully saturated rings. The van der Waals surface area contributed by atoms with E-state index in [9.17, 15) is 4.79 Å². The van der Waals surface area contributed by atoms with Crippen LogP contribution in [0.1, 0.15) is 73.9 Å². The van der Waals surface area contributed by atoms with Gasteiger partial charge in [0.1, 0.15) is 11.6 Å². The van der Waals surface area contributed by atoms with Crippen LogP contribution in [0.3, 0.4) is 0 Å². The van der Waals surface area contributed by atoms with Crippen molar-refractivity contribution in [1.82, 2.24) is 20.2 Å². The van der Waals surface area contributed by atoms with Crippen molar-refractivity contribution in [3.63, 3.8) is 0 Å². The van der Waals surface area contributed by atoms with Gasteiger partial charge in [-0.3, -0.25) is 9.69 Å². The van der Waals surface area contributed by atoms with Crippen LogP contribution in [0.5, 0.6) is 0 Å². The molecule has 192 valence electrons. The van der Waals surface area contributed by atoms with Crippen LogP contribution in [0, 0.1) is 0 Å². The number of hydrogen-bond acceptors (Lipinski definition) is 8. The van der Waals surface area contributed by atoms with Crippen molar-refractivity contribution >= 4 is 23.5 Å². The second-order valence-electron chi connectivity index (χ2n) is 9.76. The topological polar surface area (TPSA) is 83.7 Å². The molecule has 2 aromatic heterocycles. The fraction of sp³-hybridized carbons (Fsp3) is 0.654. The van der Waals surface area contributed by atoms with E-state index >= 15 is 0 Å². The summed E-state index contributed by atoms with van der Waals surface area (Å²) in [5.74, 6) is 2.81. The number of furan rings is 1. The highest BCUT2D eigenvalue weighted by Crippen LogP contribution is 2.29. The van der Waals surface area contributed by atoms with Gasteiger partial charge in [0.05, 0.1) is 19.0 Å². The van der Waals surface area contributed by atoms with E-state index in [0.717, 1.165) is 55.3 Å². The first-order valence-electron chi connectivity index (χ1n) is 12.9. The van der Waals surface area contributed by atoms with Crippen molar-refractivity contribution in [2.75, 3.05) is 51.3 Å². The Morgan fingerprint density at radius 3 is 2.71 bits per heavy atom. The smallest absolute Gasteiger partial charge is 0.287 e. The molecule has 1 aliphatic heterocycles. The Kier molecular flexibility index (Phi) is 9.45. The van der Waals surface area contributed by atoms with Gasteiger partial charge in [-0.25, -0.2) is 9.97 Å². The Bertz CT molecular complexity index is 954. The number of hydrogen-bond donors (Lipinski definition) is 1. The third-order valence-corrected chi connectivity index (χ3v) is 7.70. The molecular formula is C26H39N5O3S. The number of amides is 1. The number of rotatable bonds is 10. The van der Waals surface area contributed by atoms with Gasteiger partial charge in [-0.05, 0) is 30.9 Å². The summed E-state index contributed by atoms with van der Waals surface area (Å²) in [6.45, 7) is 9.09. The minimum atomic E-state index is -0.177. The quantitative estimate of drug-likeness (QED) is 0.381. The lowest BCUT2D eigenvalue weighted by Gasteiger charge is -2.32. The van der Waals surface area contributed by atoms with Crippen molar-refractivity contribution < 1.29 is 13.9 Å².